The summed E-state index contributed by atoms with van der Waals surface area (Å²) in [5.74, 6) is 0.109. The van der Waals surface area contributed by atoms with E-state index in [9.17, 15) is 4.39 Å². The number of hydrogen-bond donors (Lipinski definition) is 0. The highest BCUT2D eigenvalue weighted by molar-refractivity contribution is 6.33. The van der Waals surface area contributed by atoms with Gasteiger partial charge in [-0.05, 0) is 12.1 Å². The van der Waals surface area contributed by atoms with Crippen LogP contribution in [0.1, 0.15) is 5.82 Å². The van der Waals surface area contributed by atoms with Gasteiger partial charge in [-0.25, -0.2) is 4.39 Å². The Labute approximate surface area is 94.8 Å². The van der Waals surface area contributed by atoms with E-state index in [4.69, 9.17) is 27.7 Å². The highest BCUT2D eigenvalue weighted by atomic mass is 35.5. The number of hydrogen-bond acceptors (Lipinski definition) is 3. The van der Waals surface area contributed by atoms with Crippen LogP contribution < -0.4 is 0 Å². The zero-order chi connectivity index (χ0) is 10.8. The third-order valence-corrected chi connectivity index (χ3v) is 2.39. The maximum Gasteiger partial charge on any atom is 0.259 e. The van der Waals surface area contributed by atoms with Gasteiger partial charge in [0.15, 0.2) is 5.82 Å². The summed E-state index contributed by atoms with van der Waals surface area (Å²) >= 11 is 11.3. The quantitative estimate of drug-likeness (QED) is 0.764. The number of nitrogens with zero attached hydrogens (tertiary/aromatic N) is 2. The fourth-order valence-corrected chi connectivity index (χ4v) is 1.40. The maximum absolute atomic E-state index is 13.1. The van der Waals surface area contributed by atoms with Gasteiger partial charge in [-0.3, -0.25) is 0 Å². The average molecular weight is 247 g/mol. The van der Waals surface area contributed by atoms with Crippen molar-refractivity contribution >= 4 is 23.2 Å². The molecular weight excluding hydrogens is 242 g/mol. The molecule has 15 heavy (non-hydrogen) atoms. The SMILES string of the molecule is Fc1cccc(-c2nc(CCl)no2)c1Cl. The van der Waals surface area contributed by atoms with Crippen molar-refractivity contribution in [2.24, 2.45) is 0 Å². The van der Waals surface area contributed by atoms with Gasteiger partial charge in [0.1, 0.15) is 5.82 Å². The lowest BCUT2D eigenvalue weighted by Crippen LogP contribution is -1.84. The zero-order valence-electron chi connectivity index (χ0n) is 7.38. The van der Waals surface area contributed by atoms with Gasteiger partial charge in [0.2, 0.25) is 0 Å². The molecule has 1 aromatic carbocycles. The summed E-state index contributed by atoms with van der Waals surface area (Å²) in [4.78, 5) is 3.94. The Balaban J connectivity index is 2.49. The molecule has 6 heteroatoms. The largest absolute Gasteiger partial charge is 0.334 e. The summed E-state index contributed by atoms with van der Waals surface area (Å²) in [7, 11) is 0. The first-order chi connectivity index (χ1) is 7.22. The summed E-state index contributed by atoms with van der Waals surface area (Å²) < 4.78 is 18.0. The predicted molar refractivity (Wildman–Crippen MR) is 54.3 cm³/mol. The van der Waals surface area contributed by atoms with Crippen molar-refractivity contribution < 1.29 is 8.91 Å². The topological polar surface area (TPSA) is 38.9 Å². The Morgan fingerprint density at radius 3 is 2.87 bits per heavy atom. The minimum atomic E-state index is -0.528. The molecular formula is C9H5Cl2FN2O. The molecule has 1 heterocycles. The Hall–Kier alpha value is -1.13. The average Bonchev–Trinajstić information content (AvgIpc) is 2.70. The van der Waals surface area contributed by atoms with Gasteiger partial charge in [-0.1, -0.05) is 22.8 Å². The number of alkyl halides is 1. The Bertz CT molecular complexity index is 487. The van der Waals surface area contributed by atoms with Crippen LogP contribution in [-0.2, 0) is 5.88 Å². The minimum absolute atomic E-state index is 0.0396. The molecule has 0 amide bonds. The highest BCUT2D eigenvalue weighted by Gasteiger charge is 2.13. The first-order valence-electron chi connectivity index (χ1n) is 4.05. The molecule has 3 nitrogen and oxygen atoms in total. The molecule has 1 aromatic heterocycles. The molecule has 0 unspecified atom stereocenters. The molecule has 2 rings (SSSR count). The lowest BCUT2D eigenvalue weighted by Gasteiger charge is -1.98. The molecule has 0 bridgehead atoms. The van der Waals surface area contributed by atoms with E-state index >= 15 is 0 Å². The van der Waals surface area contributed by atoms with Crippen LogP contribution in [0.5, 0.6) is 0 Å². The second-order valence-corrected chi connectivity index (χ2v) is 3.40. The lowest BCUT2D eigenvalue weighted by atomic mass is 10.2. The maximum atomic E-state index is 13.1. The van der Waals surface area contributed by atoms with Gasteiger partial charge >= 0.3 is 0 Å². The number of benzene rings is 1. The van der Waals surface area contributed by atoms with E-state index in [0.29, 0.717) is 11.4 Å². The highest BCUT2D eigenvalue weighted by Crippen LogP contribution is 2.28. The molecule has 0 saturated carbocycles. The van der Waals surface area contributed by atoms with Crippen LogP contribution in [0.3, 0.4) is 0 Å². The van der Waals surface area contributed by atoms with Crippen LogP contribution in [0.2, 0.25) is 5.02 Å². The summed E-state index contributed by atoms with van der Waals surface area (Å²) in [6, 6.07) is 4.36. The van der Waals surface area contributed by atoms with Gasteiger partial charge in [0.05, 0.1) is 16.5 Å². The van der Waals surface area contributed by atoms with Gasteiger partial charge in [-0.2, -0.15) is 4.98 Å². The second kappa shape index (κ2) is 4.16. The van der Waals surface area contributed by atoms with E-state index < -0.39 is 5.82 Å². The molecule has 2 aromatic rings. The van der Waals surface area contributed by atoms with Crippen LogP contribution in [0, 0.1) is 5.82 Å². The Kier molecular flexibility index (Phi) is 2.88. The summed E-state index contributed by atoms with van der Waals surface area (Å²) in [5.41, 5.74) is 0.362. The first-order valence-corrected chi connectivity index (χ1v) is 4.96. The first kappa shape index (κ1) is 10.4. The number of rotatable bonds is 2. The second-order valence-electron chi connectivity index (χ2n) is 2.75. The van der Waals surface area contributed by atoms with Gasteiger partial charge in [0.25, 0.3) is 5.89 Å². The van der Waals surface area contributed by atoms with E-state index in [-0.39, 0.29) is 16.8 Å². The van der Waals surface area contributed by atoms with Crippen LogP contribution in [0.15, 0.2) is 22.7 Å². The van der Waals surface area contributed by atoms with Gasteiger partial charge in [-0.15, -0.1) is 11.6 Å². The molecule has 0 spiro atoms. The standard InChI is InChI=1S/C9H5Cl2FN2O/c10-4-7-13-9(15-14-7)5-2-1-3-6(12)8(5)11/h1-3H,4H2. The molecule has 0 N–H and O–H groups in total. The van der Waals surface area contributed by atoms with Crippen LogP contribution in [-0.4, -0.2) is 10.1 Å². The van der Waals surface area contributed by atoms with Crippen molar-refractivity contribution in [1.82, 2.24) is 10.1 Å². The van der Waals surface area contributed by atoms with Crippen molar-refractivity contribution in [3.63, 3.8) is 0 Å². The zero-order valence-corrected chi connectivity index (χ0v) is 8.89. The van der Waals surface area contributed by atoms with E-state index in [0.717, 1.165) is 0 Å². The molecule has 78 valence electrons. The van der Waals surface area contributed by atoms with Crippen molar-refractivity contribution in [3.05, 3.63) is 34.9 Å². The van der Waals surface area contributed by atoms with Crippen LogP contribution in [0.4, 0.5) is 4.39 Å². The Morgan fingerprint density at radius 2 is 2.20 bits per heavy atom. The lowest BCUT2D eigenvalue weighted by molar-refractivity contribution is 0.424. The molecule has 0 aliphatic carbocycles. The van der Waals surface area contributed by atoms with Crippen LogP contribution in [0.25, 0.3) is 11.5 Å². The number of aromatic nitrogens is 2. The Morgan fingerprint density at radius 1 is 1.40 bits per heavy atom. The van der Waals surface area contributed by atoms with E-state index in [1.807, 2.05) is 0 Å². The summed E-state index contributed by atoms with van der Waals surface area (Å²) in [5, 5.41) is 3.54. The van der Waals surface area contributed by atoms with Crippen molar-refractivity contribution in [1.29, 1.82) is 0 Å². The molecule has 0 atom stereocenters. The monoisotopic (exact) mass is 246 g/mol. The normalized spacial score (nSPS) is 10.6. The predicted octanol–water partition coefficient (Wildman–Crippen LogP) is 3.27. The third-order valence-electron chi connectivity index (χ3n) is 1.77. The van der Waals surface area contributed by atoms with Crippen molar-refractivity contribution in [2.45, 2.75) is 5.88 Å². The van der Waals surface area contributed by atoms with Crippen LogP contribution >= 0.6 is 23.2 Å². The van der Waals surface area contributed by atoms with Crippen molar-refractivity contribution in [2.75, 3.05) is 0 Å². The van der Waals surface area contributed by atoms with Gasteiger partial charge < -0.3 is 4.52 Å². The van der Waals surface area contributed by atoms with E-state index in [1.165, 1.54) is 12.1 Å². The molecule has 0 saturated heterocycles. The smallest absolute Gasteiger partial charge is 0.259 e. The van der Waals surface area contributed by atoms with Crippen molar-refractivity contribution in [3.8, 4) is 11.5 Å². The van der Waals surface area contributed by atoms with E-state index in [1.54, 1.807) is 6.07 Å². The van der Waals surface area contributed by atoms with E-state index in [2.05, 4.69) is 10.1 Å². The minimum Gasteiger partial charge on any atom is -0.334 e. The molecule has 0 radical (unpaired) electrons. The molecule has 0 aliphatic rings. The van der Waals surface area contributed by atoms with Gasteiger partial charge in [0, 0.05) is 0 Å². The fourth-order valence-electron chi connectivity index (χ4n) is 1.09. The molecule has 0 aliphatic heterocycles. The third kappa shape index (κ3) is 1.96. The molecule has 0 fully saturated rings. The summed E-state index contributed by atoms with van der Waals surface area (Å²) in [6.07, 6.45) is 0. The fraction of sp³-hybridized carbons (Fsp3) is 0.111. The summed E-state index contributed by atoms with van der Waals surface area (Å²) in [6.45, 7) is 0. The number of halogens is 3.